The number of fused-ring (bicyclic) bond motifs is 1. The van der Waals surface area contributed by atoms with Crippen molar-refractivity contribution in [2.45, 2.75) is 19.9 Å². The molecule has 24 heavy (non-hydrogen) atoms. The summed E-state index contributed by atoms with van der Waals surface area (Å²) in [6.07, 6.45) is 0.988. The lowest BCUT2D eigenvalue weighted by molar-refractivity contribution is 0.0952. The van der Waals surface area contributed by atoms with Crippen molar-refractivity contribution in [3.8, 4) is 5.75 Å². The van der Waals surface area contributed by atoms with Crippen LogP contribution >= 0.6 is 11.3 Å². The fourth-order valence-electron chi connectivity index (χ4n) is 2.55. The quantitative estimate of drug-likeness (QED) is 0.738. The highest BCUT2D eigenvalue weighted by atomic mass is 32.1. The van der Waals surface area contributed by atoms with E-state index in [0.29, 0.717) is 22.6 Å². The summed E-state index contributed by atoms with van der Waals surface area (Å²) in [6.45, 7) is 2.54. The Balaban J connectivity index is 1.80. The van der Waals surface area contributed by atoms with Gasteiger partial charge in [0.1, 0.15) is 16.4 Å². The van der Waals surface area contributed by atoms with Crippen LogP contribution in [-0.2, 0) is 13.0 Å². The maximum Gasteiger partial charge on any atom is 0.265 e. The van der Waals surface area contributed by atoms with Gasteiger partial charge in [-0.05, 0) is 35.7 Å². The normalized spacial score (nSPS) is 10.8. The molecule has 0 saturated carbocycles. The van der Waals surface area contributed by atoms with Gasteiger partial charge in [-0.25, -0.2) is 4.39 Å². The fraction of sp³-hybridized carbons (Fsp3) is 0.211. The van der Waals surface area contributed by atoms with Gasteiger partial charge in [0.2, 0.25) is 0 Å². The van der Waals surface area contributed by atoms with Crippen LogP contribution in [0, 0.1) is 5.82 Å². The number of methoxy groups -OCH3 is 1. The molecule has 0 bridgehead atoms. The number of carbonyl (C=O) groups excluding carboxylic acids is 1. The van der Waals surface area contributed by atoms with E-state index in [2.05, 4.69) is 24.4 Å². The number of nitrogens with one attached hydrogen (secondary N) is 1. The highest BCUT2D eigenvalue weighted by molar-refractivity contribution is 7.21. The molecule has 3 aromatic rings. The number of halogens is 1. The van der Waals surface area contributed by atoms with Gasteiger partial charge in [0.05, 0.1) is 7.11 Å². The zero-order chi connectivity index (χ0) is 17.1. The zero-order valence-corrected chi connectivity index (χ0v) is 14.4. The average Bonchev–Trinajstić information content (AvgIpc) is 2.97. The number of rotatable bonds is 5. The SMILES string of the molecule is CCc1ccc(CNC(=O)c2sc3ccc(F)cc3c2OC)cc1. The fourth-order valence-corrected chi connectivity index (χ4v) is 3.62. The lowest BCUT2D eigenvalue weighted by Gasteiger charge is -2.06. The van der Waals surface area contributed by atoms with E-state index in [9.17, 15) is 9.18 Å². The second-order valence-electron chi connectivity index (χ2n) is 5.46. The summed E-state index contributed by atoms with van der Waals surface area (Å²) in [7, 11) is 1.49. The second-order valence-corrected chi connectivity index (χ2v) is 6.51. The van der Waals surface area contributed by atoms with Crippen molar-refractivity contribution in [1.82, 2.24) is 5.32 Å². The molecule has 3 nitrogen and oxygen atoms in total. The molecule has 0 aliphatic rings. The molecule has 1 amide bonds. The Hall–Kier alpha value is -2.40. The number of amides is 1. The Labute approximate surface area is 144 Å². The van der Waals surface area contributed by atoms with Crippen molar-refractivity contribution < 1.29 is 13.9 Å². The van der Waals surface area contributed by atoms with Gasteiger partial charge in [-0.3, -0.25) is 4.79 Å². The largest absolute Gasteiger partial charge is 0.494 e. The molecule has 0 atom stereocenters. The van der Waals surface area contributed by atoms with E-state index in [1.807, 2.05) is 12.1 Å². The topological polar surface area (TPSA) is 38.3 Å². The molecule has 1 aromatic heterocycles. The maximum absolute atomic E-state index is 13.4. The summed E-state index contributed by atoms with van der Waals surface area (Å²) in [6, 6.07) is 12.6. The molecular weight excluding hydrogens is 325 g/mol. The van der Waals surface area contributed by atoms with E-state index in [1.54, 1.807) is 6.07 Å². The molecule has 1 N–H and O–H groups in total. The van der Waals surface area contributed by atoms with Crippen LogP contribution in [0.3, 0.4) is 0 Å². The molecular formula is C19H18FNO2S. The number of carbonyl (C=O) groups is 1. The average molecular weight is 343 g/mol. The monoisotopic (exact) mass is 343 g/mol. The predicted octanol–water partition coefficient (Wildman–Crippen LogP) is 4.54. The highest BCUT2D eigenvalue weighted by Crippen LogP contribution is 2.37. The number of benzene rings is 2. The summed E-state index contributed by atoms with van der Waals surface area (Å²) in [5, 5.41) is 3.53. The third-order valence-electron chi connectivity index (χ3n) is 3.90. The van der Waals surface area contributed by atoms with Crippen LogP contribution in [0.25, 0.3) is 10.1 Å². The first kappa shape index (κ1) is 16.5. The van der Waals surface area contributed by atoms with Gasteiger partial charge in [-0.2, -0.15) is 0 Å². The van der Waals surface area contributed by atoms with Gasteiger partial charge in [0.15, 0.2) is 0 Å². The molecule has 124 valence electrons. The number of hydrogen-bond acceptors (Lipinski definition) is 3. The molecule has 0 radical (unpaired) electrons. The Morgan fingerprint density at radius 1 is 1.17 bits per heavy atom. The Kier molecular flexibility index (Phi) is 4.81. The van der Waals surface area contributed by atoms with Crippen molar-refractivity contribution in [1.29, 1.82) is 0 Å². The lowest BCUT2D eigenvalue weighted by atomic mass is 10.1. The predicted molar refractivity (Wildman–Crippen MR) is 95.3 cm³/mol. The molecule has 2 aromatic carbocycles. The van der Waals surface area contributed by atoms with Gasteiger partial charge in [0.25, 0.3) is 5.91 Å². The maximum atomic E-state index is 13.4. The van der Waals surface area contributed by atoms with E-state index in [0.717, 1.165) is 16.7 Å². The van der Waals surface area contributed by atoms with Crippen molar-refractivity contribution in [3.63, 3.8) is 0 Å². The van der Waals surface area contributed by atoms with Crippen LogP contribution in [0.15, 0.2) is 42.5 Å². The Morgan fingerprint density at radius 3 is 2.54 bits per heavy atom. The summed E-state index contributed by atoms with van der Waals surface area (Å²) in [5.74, 6) is -0.136. The van der Waals surface area contributed by atoms with E-state index in [1.165, 1.54) is 36.1 Å². The molecule has 0 aliphatic carbocycles. The number of thiophene rings is 1. The molecule has 0 unspecified atom stereocenters. The first-order chi connectivity index (χ1) is 11.6. The van der Waals surface area contributed by atoms with Crippen molar-refractivity contribution in [2.75, 3.05) is 7.11 Å². The van der Waals surface area contributed by atoms with Gasteiger partial charge >= 0.3 is 0 Å². The molecule has 3 rings (SSSR count). The summed E-state index contributed by atoms with van der Waals surface area (Å²) < 4.78 is 19.6. The standard InChI is InChI=1S/C19H18FNO2S/c1-3-12-4-6-13(7-5-12)11-21-19(22)18-17(23-2)15-10-14(20)8-9-16(15)24-18/h4-10H,3,11H2,1-2H3,(H,21,22). The minimum atomic E-state index is -0.346. The Bertz CT molecular complexity index is 871. The first-order valence-corrected chi connectivity index (χ1v) is 8.56. The van der Waals surface area contributed by atoms with Crippen LogP contribution in [-0.4, -0.2) is 13.0 Å². The van der Waals surface area contributed by atoms with Gasteiger partial charge in [-0.15, -0.1) is 11.3 Å². The second kappa shape index (κ2) is 7.01. The van der Waals surface area contributed by atoms with Crippen LogP contribution in [0.1, 0.15) is 27.7 Å². The molecule has 1 heterocycles. The van der Waals surface area contributed by atoms with Gasteiger partial charge in [0, 0.05) is 16.6 Å². The number of ether oxygens (including phenoxy) is 1. The number of hydrogen-bond donors (Lipinski definition) is 1. The first-order valence-electron chi connectivity index (χ1n) is 7.74. The molecule has 0 saturated heterocycles. The van der Waals surface area contributed by atoms with Gasteiger partial charge in [-0.1, -0.05) is 31.2 Å². The summed E-state index contributed by atoms with van der Waals surface area (Å²) >= 11 is 1.30. The van der Waals surface area contributed by atoms with Crippen molar-refractivity contribution >= 4 is 27.3 Å². The highest BCUT2D eigenvalue weighted by Gasteiger charge is 2.19. The smallest absolute Gasteiger partial charge is 0.265 e. The zero-order valence-electron chi connectivity index (χ0n) is 13.6. The van der Waals surface area contributed by atoms with E-state index in [4.69, 9.17) is 4.74 Å². The van der Waals surface area contributed by atoms with E-state index < -0.39 is 0 Å². The van der Waals surface area contributed by atoms with E-state index >= 15 is 0 Å². The van der Waals surface area contributed by atoms with Crippen LogP contribution in [0.4, 0.5) is 4.39 Å². The van der Waals surface area contributed by atoms with Crippen LogP contribution in [0.5, 0.6) is 5.75 Å². The minimum Gasteiger partial charge on any atom is -0.494 e. The van der Waals surface area contributed by atoms with Crippen LogP contribution < -0.4 is 10.1 Å². The molecule has 0 aliphatic heterocycles. The van der Waals surface area contributed by atoms with E-state index in [-0.39, 0.29) is 11.7 Å². The van der Waals surface area contributed by atoms with Crippen molar-refractivity contribution in [2.24, 2.45) is 0 Å². The number of aryl methyl sites for hydroxylation is 1. The third kappa shape index (κ3) is 3.26. The van der Waals surface area contributed by atoms with Crippen LogP contribution in [0.2, 0.25) is 0 Å². The van der Waals surface area contributed by atoms with Crippen molar-refractivity contribution in [3.05, 3.63) is 64.3 Å². The molecule has 0 spiro atoms. The van der Waals surface area contributed by atoms with Gasteiger partial charge < -0.3 is 10.1 Å². The summed E-state index contributed by atoms with van der Waals surface area (Å²) in [5.41, 5.74) is 2.30. The molecule has 5 heteroatoms. The third-order valence-corrected chi connectivity index (χ3v) is 5.05. The summed E-state index contributed by atoms with van der Waals surface area (Å²) in [4.78, 5) is 13.0. The Morgan fingerprint density at radius 2 is 1.88 bits per heavy atom. The molecule has 0 fully saturated rings. The lowest BCUT2D eigenvalue weighted by Crippen LogP contribution is -2.22. The minimum absolute atomic E-state index is 0.215.